The molecule has 1 saturated carbocycles. The molecule has 178 valence electrons. The van der Waals surface area contributed by atoms with Crippen molar-refractivity contribution in [2.24, 2.45) is 0 Å². The largest absolute Gasteiger partial charge is 0.478 e. The SMILES string of the molecule is O=C(O)c1ccc2c(c1)nc(-c1ccc(C(=O)Nc3cccc(CO)c3)cc1)n2C1CCCCC1. The Morgan fingerprint density at radius 1 is 0.943 bits per heavy atom. The fourth-order valence-corrected chi connectivity index (χ4v) is 4.87. The summed E-state index contributed by atoms with van der Waals surface area (Å²) in [5.41, 5.74) is 4.55. The number of hydrogen-bond acceptors (Lipinski definition) is 4. The number of carboxylic acids is 1. The molecule has 1 aromatic heterocycles. The van der Waals surface area contributed by atoms with Gasteiger partial charge in [0.1, 0.15) is 5.82 Å². The number of aromatic carboxylic acids is 1. The average molecular weight is 470 g/mol. The van der Waals surface area contributed by atoms with E-state index in [0.29, 0.717) is 22.8 Å². The Morgan fingerprint density at radius 3 is 2.40 bits per heavy atom. The van der Waals surface area contributed by atoms with E-state index in [1.165, 1.54) is 6.42 Å². The van der Waals surface area contributed by atoms with Gasteiger partial charge in [0.2, 0.25) is 0 Å². The second kappa shape index (κ2) is 9.72. The zero-order valence-electron chi connectivity index (χ0n) is 19.3. The summed E-state index contributed by atoms with van der Waals surface area (Å²) in [4.78, 5) is 29.1. The van der Waals surface area contributed by atoms with Crippen molar-refractivity contribution in [3.05, 3.63) is 83.4 Å². The van der Waals surface area contributed by atoms with E-state index in [1.54, 1.807) is 48.5 Å². The van der Waals surface area contributed by atoms with Gasteiger partial charge in [-0.3, -0.25) is 4.79 Å². The van der Waals surface area contributed by atoms with E-state index in [-0.39, 0.29) is 18.1 Å². The summed E-state index contributed by atoms with van der Waals surface area (Å²) >= 11 is 0. The van der Waals surface area contributed by atoms with Gasteiger partial charge in [-0.1, -0.05) is 43.5 Å². The minimum absolute atomic E-state index is 0.0889. The van der Waals surface area contributed by atoms with Crippen molar-refractivity contribution in [3.63, 3.8) is 0 Å². The van der Waals surface area contributed by atoms with E-state index < -0.39 is 5.97 Å². The highest BCUT2D eigenvalue weighted by Gasteiger charge is 2.23. The van der Waals surface area contributed by atoms with Crippen molar-refractivity contribution in [2.45, 2.75) is 44.8 Å². The maximum atomic E-state index is 12.8. The molecule has 0 unspecified atom stereocenters. The Kier molecular flexibility index (Phi) is 6.33. The third-order valence-electron chi connectivity index (χ3n) is 6.65. The molecule has 1 fully saturated rings. The van der Waals surface area contributed by atoms with E-state index in [1.807, 2.05) is 18.2 Å². The summed E-state index contributed by atoms with van der Waals surface area (Å²) in [5.74, 6) is -0.420. The van der Waals surface area contributed by atoms with E-state index in [9.17, 15) is 19.8 Å². The minimum atomic E-state index is -0.972. The van der Waals surface area contributed by atoms with Crippen LogP contribution in [0.4, 0.5) is 5.69 Å². The first-order chi connectivity index (χ1) is 17.0. The van der Waals surface area contributed by atoms with Crippen LogP contribution >= 0.6 is 0 Å². The van der Waals surface area contributed by atoms with Gasteiger partial charge in [-0.2, -0.15) is 0 Å². The monoisotopic (exact) mass is 469 g/mol. The molecule has 0 atom stereocenters. The first-order valence-electron chi connectivity index (χ1n) is 11.9. The van der Waals surface area contributed by atoms with Gasteiger partial charge in [-0.25, -0.2) is 9.78 Å². The third kappa shape index (κ3) is 4.68. The number of aliphatic hydroxyl groups is 1. The number of benzene rings is 3. The molecule has 0 saturated heterocycles. The molecule has 35 heavy (non-hydrogen) atoms. The number of rotatable bonds is 6. The zero-order chi connectivity index (χ0) is 24.4. The van der Waals surface area contributed by atoms with E-state index in [4.69, 9.17) is 4.98 Å². The predicted octanol–water partition coefficient (Wildman–Crippen LogP) is 5.65. The number of hydrogen-bond donors (Lipinski definition) is 3. The van der Waals surface area contributed by atoms with E-state index in [2.05, 4.69) is 9.88 Å². The second-order valence-corrected chi connectivity index (χ2v) is 9.00. The average Bonchev–Trinajstić information content (AvgIpc) is 3.28. The highest BCUT2D eigenvalue weighted by atomic mass is 16.4. The van der Waals surface area contributed by atoms with Crippen molar-refractivity contribution in [2.75, 3.05) is 5.32 Å². The second-order valence-electron chi connectivity index (χ2n) is 9.00. The number of nitrogens with zero attached hydrogens (tertiary/aromatic N) is 2. The minimum Gasteiger partial charge on any atom is -0.478 e. The molecule has 0 spiro atoms. The van der Waals surface area contributed by atoms with Gasteiger partial charge in [-0.15, -0.1) is 0 Å². The lowest BCUT2D eigenvalue weighted by molar-refractivity contribution is 0.0696. The number of anilines is 1. The number of carbonyl (C=O) groups excluding carboxylic acids is 1. The maximum Gasteiger partial charge on any atom is 0.335 e. The van der Waals surface area contributed by atoms with Crippen LogP contribution < -0.4 is 5.32 Å². The first kappa shape index (κ1) is 22.8. The Labute approximate surface area is 203 Å². The fraction of sp³-hybridized carbons (Fsp3) is 0.250. The molecule has 1 heterocycles. The molecule has 3 N–H and O–H groups in total. The number of amides is 1. The van der Waals surface area contributed by atoms with Crippen LogP contribution in [0.25, 0.3) is 22.4 Å². The lowest BCUT2D eigenvalue weighted by atomic mass is 9.94. The molecule has 0 bridgehead atoms. The van der Waals surface area contributed by atoms with Crippen LogP contribution in [-0.2, 0) is 6.61 Å². The molecule has 3 aromatic carbocycles. The molecular formula is C28H27N3O4. The number of aliphatic hydroxyl groups excluding tert-OH is 1. The molecule has 7 nitrogen and oxygen atoms in total. The molecule has 0 radical (unpaired) electrons. The van der Waals surface area contributed by atoms with Crippen LogP contribution in [0, 0.1) is 0 Å². The summed E-state index contributed by atoms with van der Waals surface area (Å²) in [7, 11) is 0. The topological polar surface area (TPSA) is 104 Å². The van der Waals surface area contributed by atoms with Crippen LogP contribution in [-0.4, -0.2) is 31.6 Å². The molecule has 1 aliphatic carbocycles. The van der Waals surface area contributed by atoms with Crippen molar-refractivity contribution in [3.8, 4) is 11.4 Å². The van der Waals surface area contributed by atoms with Gasteiger partial charge in [0, 0.05) is 22.9 Å². The number of fused-ring (bicyclic) bond motifs is 1. The first-order valence-corrected chi connectivity index (χ1v) is 11.9. The summed E-state index contributed by atoms with van der Waals surface area (Å²) in [6.07, 6.45) is 5.67. The van der Waals surface area contributed by atoms with Crippen LogP contribution in [0.2, 0.25) is 0 Å². The Balaban J connectivity index is 1.48. The van der Waals surface area contributed by atoms with Crippen LogP contribution in [0.15, 0.2) is 66.7 Å². The van der Waals surface area contributed by atoms with E-state index in [0.717, 1.165) is 48.2 Å². The van der Waals surface area contributed by atoms with Gasteiger partial charge in [0.15, 0.2) is 0 Å². The highest BCUT2D eigenvalue weighted by Crippen LogP contribution is 2.36. The molecule has 0 aliphatic heterocycles. The zero-order valence-corrected chi connectivity index (χ0v) is 19.3. The van der Waals surface area contributed by atoms with Gasteiger partial charge in [-0.05, 0) is 60.9 Å². The maximum absolute atomic E-state index is 12.8. The highest BCUT2D eigenvalue weighted by molar-refractivity contribution is 6.04. The number of aromatic nitrogens is 2. The van der Waals surface area contributed by atoms with Gasteiger partial charge >= 0.3 is 5.97 Å². The number of nitrogens with one attached hydrogen (secondary N) is 1. The molecule has 1 amide bonds. The third-order valence-corrected chi connectivity index (χ3v) is 6.65. The van der Waals surface area contributed by atoms with Crippen LogP contribution in [0.1, 0.15) is 64.4 Å². The molecular weight excluding hydrogens is 442 g/mol. The summed E-state index contributed by atoms with van der Waals surface area (Å²) in [5, 5.41) is 21.6. The van der Waals surface area contributed by atoms with Crippen LogP contribution in [0.3, 0.4) is 0 Å². The molecule has 4 aromatic rings. The lowest BCUT2D eigenvalue weighted by Gasteiger charge is -2.25. The Morgan fingerprint density at radius 2 is 1.69 bits per heavy atom. The number of carboxylic acid groups (broad SMARTS) is 1. The number of imidazole rings is 1. The fourth-order valence-electron chi connectivity index (χ4n) is 4.87. The van der Waals surface area contributed by atoms with Crippen molar-refractivity contribution in [1.29, 1.82) is 0 Å². The van der Waals surface area contributed by atoms with Crippen molar-refractivity contribution < 1.29 is 19.8 Å². The van der Waals surface area contributed by atoms with E-state index >= 15 is 0 Å². The van der Waals surface area contributed by atoms with Crippen molar-refractivity contribution >= 4 is 28.6 Å². The van der Waals surface area contributed by atoms with Crippen LogP contribution in [0.5, 0.6) is 0 Å². The lowest BCUT2D eigenvalue weighted by Crippen LogP contribution is -2.14. The molecule has 7 heteroatoms. The Bertz CT molecular complexity index is 1390. The smallest absolute Gasteiger partial charge is 0.335 e. The van der Waals surface area contributed by atoms with Gasteiger partial charge in [0.05, 0.1) is 23.2 Å². The summed E-state index contributed by atoms with van der Waals surface area (Å²) in [6, 6.07) is 19.8. The molecule has 5 rings (SSSR count). The summed E-state index contributed by atoms with van der Waals surface area (Å²) in [6.45, 7) is -0.0889. The van der Waals surface area contributed by atoms with Gasteiger partial charge in [0.25, 0.3) is 5.91 Å². The number of carbonyl (C=O) groups is 2. The van der Waals surface area contributed by atoms with Gasteiger partial charge < -0.3 is 20.1 Å². The summed E-state index contributed by atoms with van der Waals surface area (Å²) < 4.78 is 2.25. The predicted molar refractivity (Wildman–Crippen MR) is 135 cm³/mol. The Hall–Kier alpha value is -3.97. The standard InChI is InChI=1S/C28H27N3O4/c32-17-18-5-4-6-22(15-18)29-27(33)20-11-9-19(10-12-20)26-30-24-16-21(28(34)35)13-14-25(24)31(26)23-7-2-1-3-8-23/h4-6,9-16,23,32H,1-3,7-8,17H2,(H,29,33)(H,34,35). The molecule has 1 aliphatic rings. The normalized spacial score (nSPS) is 14.2. The quantitative estimate of drug-likeness (QED) is 0.338. The van der Waals surface area contributed by atoms with Crippen molar-refractivity contribution in [1.82, 2.24) is 9.55 Å².